The molecule has 1 amide bonds. The summed E-state index contributed by atoms with van der Waals surface area (Å²) in [5, 5.41) is 0. The van der Waals surface area contributed by atoms with Gasteiger partial charge in [-0.1, -0.05) is 0 Å². The van der Waals surface area contributed by atoms with E-state index in [0.29, 0.717) is 25.3 Å². The van der Waals surface area contributed by atoms with Crippen molar-refractivity contribution in [3.63, 3.8) is 0 Å². The lowest BCUT2D eigenvalue weighted by molar-refractivity contribution is -0.0228. The van der Waals surface area contributed by atoms with Crippen LogP contribution in [0.4, 0.5) is 0 Å². The first kappa shape index (κ1) is 15.8. The number of H-pyrrole nitrogens is 1. The van der Waals surface area contributed by atoms with Crippen molar-refractivity contribution in [3.8, 4) is 0 Å². The minimum absolute atomic E-state index is 0.0215. The zero-order valence-corrected chi connectivity index (χ0v) is 14.3. The number of aryl methyl sites for hydroxylation is 2. The third-order valence-electron chi connectivity index (χ3n) is 4.49. The highest BCUT2D eigenvalue weighted by molar-refractivity contribution is 5.97. The van der Waals surface area contributed by atoms with E-state index in [1.807, 2.05) is 49.1 Å². The molecule has 1 aromatic carbocycles. The van der Waals surface area contributed by atoms with Crippen molar-refractivity contribution in [1.29, 1.82) is 0 Å². The molecule has 1 atom stereocenters. The highest BCUT2D eigenvalue weighted by atomic mass is 16.5. The molecule has 2 aromatic heterocycles. The number of ether oxygens (including phenoxy) is 1. The number of nitrogens with one attached hydrogen (secondary N) is 1. The number of carbonyl (C=O) groups excluding carboxylic acids is 1. The van der Waals surface area contributed by atoms with E-state index in [-0.39, 0.29) is 12.0 Å². The molecule has 25 heavy (non-hydrogen) atoms. The van der Waals surface area contributed by atoms with Gasteiger partial charge in [0, 0.05) is 24.0 Å². The quantitative estimate of drug-likeness (QED) is 0.781. The van der Waals surface area contributed by atoms with Crippen molar-refractivity contribution in [2.75, 3.05) is 19.7 Å². The monoisotopic (exact) mass is 336 g/mol. The molecule has 6 heteroatoms. The summed E-state index contributed by atoms with van der Waals surface area (Å²) in [6, 6.07) is 9.56. The first-order chi connectivity index (χ1) is 12.1. The molecule has 1 aliphatic heterocycles. The van der Waals surface area contributed by atoms with Crippen LogP contribution in [0.3, 0.4) is 0 Å². The predicted molar refractivity (Wildman–Crippen MR) is 94.4 cm³/mol. The van der Waals surface area contributed by atoms with Gasteiger partial charge in [-0.3, -0.25) is 9.78 Å². The second kappa shape index (κ2) is 6.29. The van der Waals surface area contributed by atoms with Crippen molar-refractivity contribution in [1.82, 2.24) is 19.9 Å². The van der Waals surface area contributed by atoms with Crippen LogP contribution in [-0.4, -0.2) is 45.5 Å². The predicted octanol–water partition coefficient (Wildman–Crippen LogP) is 2.79. The molecule has 0 bridgehead atoms. The van der Waals surface area contributed by atoms with Gasteiger partial charge >= 0.3 is 0 Å². The number of benzene rings is 1. The smallest absolute Gasteiger partial charge is 0.254 e. The third-order valence-corrected chi connectivity index (χ3v) is 4.49. The Bertz CT molecular complexity index is 934. The van der Waals surface area contributed by atoms with Crippen molar-refractivity contribution in [2.24, 2.45) is 0 Å². The lowest BCUT2D eigenvalue weighted by Crippen LogP contribution is -2.42. The van der Waals surface area contributed by atoms with E-state index in [1.165, 1.54) is 0 Å². The average Bonchev–Trinajstić information content (AvgIpc) is 3.00. The number of imidazole rings is 1. The fraction of sp³-hybridized carbons (Fsp3) is 0.316. The highest BCUT2D eigenvalue weighted by Crippen LogP contribution is 2.24. The van der Waals surface area contributed by atoms with E-state index in [1.54, 1.807) is 6.20 Å². The van der Waals surface area contributed by atoms with Crippen LogP contribution in [0.25, 0.3) is 11.0 Å². The van der Waals surface area contributed by atoms with Crippen molar-refractivity contribution in [3.05, 3.63) is 59.2 Å². The van der Waals surface area contributed by atoms with Gasteiger partial charge in [0.05, 0.1) is 24.2 Å². The maximum atomic E-state index is 12.9. The molecule has 0 spiro atoms. The first-order valence-corrected chi connectivity index (χ1v) is 8.40. The van der Waals surface area contributed by atoms with E-state index in [0.717, 1.165) is 28.1 Å². The number of amides is 1. The van der Waals surface area contributed by atoms with Crippen LogP contribution in [0.1, 0.15) is 33.5 Å². The van der Waals surface area contributed by atoms with Crippen LogP contribution in [0.15, 0.2) is 36.5 Å². The summed E-state index contributed by atoms with van der Waals surface area (Å²) >= 11 is 0. The molecular formula is C19H20N4O2. The van der Waals surface area contributed by atoms with Gasteiger partial charge in [-0.2, -0.15) is 0 Å². The zero-order chi connectivity index (χ0) is 17.4. The summed E-state index contributed by atoms with van der Waals surface area (Å²) in [4.78, 5) is 26.6. The molecule has 1 unspecified atom stereocenters. The highest BCUT2D eigenvalue weighted by Gasteiger charge is 2.26. The Kier molecular flexibility index (Phi) is 3.97. The van der Waals surface area contributed by atoms with Crippen LogP contribution in [-0.2, 0) is 4.74 Å². The summed E-state index contributed by atoms with van der Waals surface area (Å²) in [6.45, 7) is 5.53. The molecule has 4 rings (SSSR count). The SMILES string of the molecule is Cc1cc(C2CN(C(=O)c3ccc4nc(C)[nH]c4c3)CCO2)ccn1. The minimum atomic E-state index is -0.113. The Labute approximate surface area is 145 Å². The molecule has 128 valence electrons. The molecule has 1 aliphatic rings. The Hall–Kier alpha value is -2.73. The second-order valence-corrected chi connectivity index (χ2v) is 6.40. The minimum Gasteiger partial charge on any atom is -0.370 e. The Morgan fingerprint density at radius 1 is 1.28 bits per heavy atom. The number of carbonyl (C=O) groups is 1. The third kappa shape index (κ3) is 3.13. The van der Waals surface area contributed by atoms with Gasteiger partial charge < -0.3 is 14.6 Å². The van der Waals surface area contributed by atoms with Crippen LogP contribution >= 0.6 is 0 Å². The zero-order valence-electron chi connectivity index (χ0n) is 14.3. The van der Waals surface area contributed by atoms with Crippen molar-refractivity contribution in [2.45, 2.75) is 20.0 Å². The second-order valence-electron chi connectivity index (χ2n) is 6.40. The van der Waals surface area contributed by atoms with E-state index < -0.39 is 0 Å². The Morgan fingerprint density at radius 2 is 2.16 bits per heavy atom. The van der Waals surface area contributed by atoms with Crippen LogP contribution in [0.5, 0.6) is 0 Å². The average molecular weight is 336 g/mol. The standard InChI is InChI=1S/C19H20N4O2/c1-12-9-14(5-6-20-12)18-11-23(7-8-25-18)19(24)15-3-4-16-17(10-15)22-13(2)21-16/h3-6,9-10,18H,7-8,11H2,1-2H3,(H,21,22). The number of aromatic nitrogens is 3. The molecule has 3 aromatic rings. The molecule has 1 N–H and O–H groups in total. The Balaban J connectivity index is 1.56. The number of aromatic amines is 1. The van der Waals surface area contributed by atoms with Gasteiger partial charge in [0.15, 0.2) is 0 Å². The van der Waals surface area contributed by atoms with Crippen molar-refractivity contribution >= 4 is 16.9 Å². The maximum Gasteiger partial charge on any atom is 0.254 e. The maximum absolute atomic E-state index is 12.9. The molecule has 0 saturated carbocycles. The number of hydrogen-bond acceptors (Lipinski definition) is 4. The molecule has 1 fully saturated rings. The number of pyridine rings is 1. The van der Waals surface area contributed by atoms with Crippen molar-refractivity contribution < 1.29 is 9.53 Å². The fourth-order valence-corrected chi connectivity index (χ4v) is 3.26. The number of morpholine rings is 1. The molecule has 0 radical (unpaired) electrons. The van der Waals surface area contributed by atoms with E-state index in [4.69, 9.17) is 4.74 Å². The molecule has 6 nitrogen and oxygen atoms in total. The number of rotatable bonds is 2. The van der Waals surface area contributed by atoms with Gasteiger partial charge in [0.1, 0.15) is 11.9 Å². The van der Waals surface area contributed by atoms with Gasteiger partial charge in [0.25, 0.3) is 5.91 Å². The first-order valence-electron chi connectivity index (χ1n) is 8.40. The van der Waals surface area contributed by atoms with E-state index in [2.05, 4.69) is 15.0 Å². The molecule has 3 heterocycles. The van der Waals surface area contributed by atoms with E-state index in [9.17, 15) is 4.79 Å². The lowest BCUT2D eigenvalue weighted by Gasteiger charge is -2.33. The molecule has 0 aliphatic carbocycles. The summed E-state index contributed by atoms with van der Waals surface area (Å²) in [7, 11) is 0. The molecule has 1 saturated heterocycles. The summed E-state index contributed by atoms with van der Waals surface area (Å²) in [6.07, 6.45) is 1.67. The van der Waals surface area contributed by atoms with E-state index >= 15 is 0 Å². The van der Waals surface area contributed by atoms with Gasteiger partial charge in [0.2, 0.25) is 0 Å². The fourth-order valence-electron chi connectivity index (χ4n) is 3.26. The largest absolute Gasteiger partial charge is 0.370 e. The summed E-state index contributed by atoms with van der Waals surface area (Å²) in [5.74, 6) is 0.868. The van der Waals surface area contributed by atoms with Crippen LogP contribution < -0.4 is 0 Å². The van der Waals surface area contributed by atoms with Gasteiger partial charge in [-0.15, -0.1) is 0 Å². The van der Waals surface area contributed by atoms with Crippen LogP contribution in [0, 0.1) is 13.8 Å². The van der Waals surface area contributed by atoms with Gasteiger partial charge in [-0.25, -0.2) is 4.98 Å². The van der Waals surface area contributed by atoms with Gasteiger partial charge in [-0.05, 0) is 49.7 Å². The number of hydrogen-bond donors (Lipinski definition) is 1. The lowest BCUT2D eigenvalue weighted by atomic mass is 10.1. The number of nitrogens with zero attached hydrogens (tertiary/aromatic N) is 3. The van der Waals surface area contributed by atoms with Crippen LogP contribution in [0.2, 0.25) is 0 Å². The topological polar surface area (TPSA) is 71.1 Å². The summed E-state index contributed by atoms with van der Waals surface area (Å²) < 4.78 is 5.87. The number of fused-ring (bicyclic) bond motifs is 1. The Morgan fingerprint density at radius 3 is 3.00 bits per heavy atom. The normalized spacial score (nSPS) is 17.8. The molecular weight excluding hydrogens is 316 g/mol. The summed E-state index contributed by atoms with van der Waals surface area (Å²) in [5.41, 5.74) is 4.44.